The largest absolute Gasteiger partial charge is 0.378 e. The molecular weight excluding hydrogens is 314 g/mol. The van der Waals surface area contributed by atoms with Crippen LogP contribution in [0.5, 0.6) is 0 Å². The number of H-pyrrole nitrogens is 1. The molecule has 1 saturated heterocycles. The van der Waals surface area contributed by atoms with Crippen LogP contribution >= 0.6 is 11.8 Å². The zero-order valence-corrected chi connectivity index (χ0v) is 13.2. The fourth-order valence-corrected chi connectivity index (χ4v) is 3.29. The number of aromatic amines is 1. The van der Waals surface area contributed by atoms with E-state index in [1.54, 1.807) is 0 Å². The molecule has 23 heavy (non-hydrogen) atoms. The Kier molecular flexibility index (Phi) is 3.84. The maximum absolute atomic E-state index is 12.1. The Balaban J connectivity index is 1.50. The lowest BCUT2D eigenvalue weighted by molar-refractivity contribution is -0.132. The first-order chi connectivity index (χ1) is 11.3. The van der Waals surface area contributed by atoms with Crippen LogP contribution in [0.25, 0.3) is 22.1 Å². The number of para-hydroxylation sites is 1. The molecule has 8 heteroatoms. The number of aromatic nitrogens is 4. The summed E-state index contributed by atoms with van der Waals surface area (Å²) in [5.74, 6) is 0.395. The Bertz CT molecular complexity index is 859. The van der Waals surface area contributed by atoms with Gasteiger partial charge in [0.2, 0.25) is 11.1 Å². The van der Waals surface area contributed by atoms with Crippen molar-refractivity contribution in [1.82, 2.24) is 25.1 Å². The molecule has 0 radical (unpaired) electrons. The van der Waals surface area contributed by atoms with Crippen molar-refractivity contribution >= 4 is 39.7 Å². The number of morpholine rings is 1. The Morgan fingerprint density at radius 1 is 1.26 bits per heavy atom. The number of benzene rings is 1. The molecule has 118 valence electrons. The van der Waals surface area contributed by atoms with Crippen LogP contribution in [0.15, 0.2) is 29.4 Å². The summed E-state index contributed by atoms with van der Waals surface area (Å²) in [7, 11) is 0. The van der Waals surface area contributed by atoms with Crippen LogP contribution in [0, 0.1) is 0 Å². The number of ether oxygens (including phenoxy) is 1. The predicted octanol–water partition coefficient (Wildman–Crippen LogP) is 1.46. The maximum atomic E-state index is 12.1. The van der Waals surface area contributed by atoms with Gasteiger partial charge in [0, 0.05) is 24.0 Å². The van der Waals surface area contributed by atoms with E-state index in [1.807, 2.05) is 29.2 Å². The number of carbonyl (C=O) groups excluding carboxylic acids is 1. The fourth-order valence-electron chi connectivity index (χ4n) is 2.60. The predicted molar refractivity (Wildman–Crippen MR) is 87.3 cm³/mol. The molecule has 0 bridgehead atoms. The van der Waals surface area contributed by atoms with Gasteiger partial charge >= 0.3 is 0 Å². The third-order valence-electron chi connectivity index (χ3n) is 3.79. The van der Waals surface area contributed by atoms with Gasteiger partial charge in [-0.2, -0.15) is 0 Å². The molecule has 0 aliphatic carbocycles. The van der Waals surface area contributed by atoms with Crippen molar-refractivity contribution in [3.8, 4) is 0 Å². The highest BCUT2D eigenvalue weighted by atomic mass is 32.2. The number of nitrogens with zero attached hydrogens (tertiary/aromatic N) is 4. The third-order valence-corrected chi connectivity index (χ3v) is 4.61. The number of fused-ring (bicyclic) bond motifs is 3. The lowest BCUT2D eigenvalue weighted by atomic mass is 10.2. The average Bonchev–Trinajstić information content (AvgIpc) is 2.98. The maximum Gasteiger partial charge on any atom is 0.233 e. The first-order valence-corrected chi connectivity index (χ1v) is 8.39. The van der Waals surface area contributed by atoms with E-state index in [1.165, 1.54) is 11.8 Å². The zero-order valence-electron chi connectivity index (χ0n) is 12.4. The second-order valence-corrected chi connectivity index (χ2v) is 6.19. The molecule has 7 nitrogen and oxygen atoms in total. The normalized spacial score (nSPS) is 15.4. The van der Waals surface area contributed by atoms with Gasteiger partial charge in [-0.1, -0.05) is 30.0 Å². The summed E-state index contributed by atoms with van der Waals surface area (Å²) in [6.07, 6.45) is 0. The van der Waals surface area contributed by atoms with Gasteiger partial charge in [0.25, 0.3) is 0 Å². The van der Waals surface area contributed by atoms with Crippen molar-refractivity contribution in [1.29, 1.82) is 0 Å². The molecule has 1 aliphatic rings. The van der Waals surface area contributed by atoms with E-state index in [0.717, 1.165) is 16.4 Å². The minimum Gasteiger partial charge on any atom is -0.378 e. The Morgan fingerprint density at radius 3 is 2.96 bits per heavy atom. The minimum absolute atomic E-state index is 0.0821. The van der Waals surface area contributed by atoms with Crippen LogP contribution in [0.3, 0.4) is 0 Å². The highest BCUT2D eigenvalue weighted by molar-refractivity contribution is 7.99. The highest BCUT2D eigenvalue weighted by Gasteiger charge is 2.17. The summed E-state index contributed by atoms with van der Waals surface area (Å²) in [5.41, 5.74) is 2.43. The average molecular weight is 329 g/mol. The molecule has 2 aromatic heterocycles. The first kappa shape index (κ1) is 14.4. The molecule has 3 heterocycles. The Hall–Kier alpha value is -2.19. The molecule has 1 amide bonds. The van der Waals surface area contributed by atoms with Gasteiger partial charge in [0.15, 0.2) is 5.65 Å². The van der Waals surface area contributed by atoms with Crippen molar-refractivity contribution in [2.45, 2.75) is 5.16 Å². The van der Waals surface area contributed by atoms with Gasteiger partial charge in [0.05, 0.1) is 19.0 Å². The zero-order chi connectivity index (χ0) is 15.6. The van der Waals surface area contributed by atoms with Crippen LogP contribution in [-0.4, -0.2) is 63.0 Å². The van der Waals surface area contributed by atoms with Gasteiger partial charge in [-0.3, -0.25) is 4.79 Å². The Morgan fingerprint density at radius 2 is 2.09 bits per heavy atom. The topological polar surface area (TPSA) is 84.0 Å². The van der Waals surface area contributed by atoms with Gasteiger partial charge in [-0.25, -0.2) is 4.98 Å². The van der Waals surface area contributed by atoms with E-state index in [0.29, 0.717) is 42.9 Å². The van der Waals surface area contributed by atoms with Crippen LogP contribution < -0.4 is 0 Å². The summed E-state index contributed by atoms with van der Waals surface area (Å²) in [4.78, 5) is 21.7. The van der Waals surface area contributed by atoms with Crippen LogP contribution in [-0.2, 0) is 9.53 Å². The summed E-state index contributed by atoms with van der Waals surface area (Å²) in [6.45, 7) is 2.52. The number of rotatable bonds is 3. The molecule has 0 saturated carbocycles. The molecule has 1 aliphatic heterocycles. The number of thioether (sulfide) groups is 1. The fraction of sp³-hybridized carbons (Fsp3) is 0.333. The van der Waals surface area contributed by atoms with E-state index < -0.39 is 0 Å². The molecule has 1 fully saturated rings. The number of amides is 1. The van der Waals surface area contributed by atoms with E-state index in [9.17, 15) is 4.79 Å². The van der Waals surface area contributed by atoms with Gasteiger partial charge in [-0.15, -0.1) is 10.2 Å². The Labute approximate surface area is 136 Å². The molecule has 0 unspecified atom stereocenters. The monoisotopic (exact) mass is 329 g/mol. The number of hydrogen-bond donors (Lipinski definition) is 1. The number of hydrogen-bond acceptors (Lipinski definition) is 6. The van der Waals surface area contributed by atoms with E-state index in [-0.39, 0.29) is 5.91 Å². The second-order valence-electron chi connectivity index (χ2n) is 5.24. The quantitative estimate of drug-likeness (QED) is 0.732. The van der Waals surface area contributed by atoms with Crippen LogP contribution in [0.4, 0.5) is 0 Å². The lowest BCUT2D eigenvalue weighted by Gasteiger charge is -2.26. The minimum atomic E-state index is 0.0821. The highest BCUT2D eigenvalue weighted by Crippen LogP contribution is 2.23. The van der Waals surface area contributed by atoms with Crippen molar-refractivity contribution in [3.05, 3.63) is 24.3 Å². The smallest absolute Gasteiger partial charge is 0.233 e. The van der Waals surface area contributed by atoms with Crippen molar-refractivity contribution < 1.29 is 9.53 Å². The lowest BCUT2D eigenvalue weighted by Crippen LogP contribution is -2.41. The van der Waals surface area contributed by atoms with Crippen LogP contribution in [0.1, 0.15) is 0 Å². The number of nitrogens with one attached hydrogen (secondary N) is 1. The molecule has 1 aromatic carbocycles. The van der Waals surface area contributed by atoms with Gasteiger partial charge < -0.3 is 14.6 Å². The summed E-state index contributed by atoms with van der Waals surface area (Å²) in [6, 6.07) is 7.88. The van der Waals surface area contributed by atoms with Gasteiger partial charge in [0.1, 0.15) is 5.52 Å². The molecular formula is C15H15N5O2S. The molecule has 3 aromatic rings. The van der Waals surface area contributed by atoms with Gasteiger partial charge in [-0.05, 0) is 6.07 Å². The van der Waals surface area contributed by atoms with Crippen LogP contribution in [0.2, 0.25) is 0 Å². The molecule has 4 rings (SSSR count). The summed E-state index contributed by atoms with van der Waals surface area (Å²) < 4.78 is 5.25. The molecule has 0 spiro atoms. The van der Waals surface area contributed by atoms with E-state index in [2.05, 4.69) is 20.2 Å². The molecule has 0 atom stereocenters. The summed E-state index contributed by atoms with van der Waals surface area (Å²) >= 11 is 1.31. The first-order valence-electron chi connectivity index (χ1n) is 7.41. The number of carbonyl (C=O) groups is 1. The standard InChI is InChI=1S/C15H15N5O2S/c21-12(20-5-7-22-8-6-20)9-23-15-17-14-13(18-19-15)10-3-1-2-4-11(10)16-14/h1-4H,5-9H2,(H,16,17,19). The van der Waals surface area contributed by atoms with E-state index >= 15 is 0 Å². The van der Waals surface area contributed by atoms with Crippen molar-refractivity contribution in [2.24, 2.45) is 0 Å². The summed E-state index contributed by atoms with van der Waals surface area (Å²) in [5, 5.41) is 9.89. The van der Waals surface area contributed by atoms with Crippen molar-refractivity contribution in [3.63, 3.8) is 0 Å². The SMILES string of the molecule is O=C(CSc1nnc2c(n1)[nH]c1ccccc12)N1CCOCC1. The molecule has 1 N–H and O–H groups in total. The van der Waals surface area contributed by atoms with E-state index in [4.69, 9.17) is 4.74 Å². The van der Waals surface area contributed by atoms with Crippen molar-refractivity contribution in [2.75, 3.05) is 32.1 Å². The third kappa shape index (κ3) is 2.87. The second kappa shape index (κ2) is 6.13.